The minimum absolute atomic E-state index is 0.674. The van der Waals surface area contributed by atoms with Crippen LogP contribution in [-0.4, -0.2) is 80.1 Å². The SMILES string of the molecule is CCN(CC)CC#CCSc1nc(SCC#CCN(CC)CC)c2c(ncn2C)n1. The highest BCUT2D eigenvalue weighted by molar-refractivity contribution is 8.00. The molecular weight excluding hydrogens is 412 g/mol. The first-order valence-corrected chi connectivity index (χ1v) is 12.4. The van der Waals surface area contributed by atoms with E-state index < -0.39 is 0 Å². The number of aromatic nitrogens is 4. The number of imidazole rings is 1. The zero-order chi connectivity index (χ0) is 21.8. The van der Waals surface area contributed by atoms with Gasteiger partial charge in [0, 0.05) is 7.05 Å². The van der Waals surface area contributed by atoms with Crippen LogP contribution in [0.25, 0.3) is 11.2 Å². The molecule has 2 aromatic heterocycles. The predicted octanol–water partition coefficient (Wildman–Crippen LogP) is 3.24. The van der Waals surface area contributed by atoms with Gasteiger partial charge in [-0.3, -0.25) is 9.80 Å². The molecule has 0 saturated heterocycles. The summed E-state index contributed by atoms with van der Waals surface area (Å²) >= 11 is 3.20. The van der Waals surface area contributed by atoms with Crippen molar-refractivity contribution >= 4 is 34.7 Å². The fourth-order valence-electron chi connectivity index (χ4n) is 2.70. The number of hydrogen-bond donors (Lipinski definition) is 0. The lowest BCUT2D eigenvalue weighted by Crippen LogP contribution is -2.22. The standard InChI is InChI=1S/C22H32N6S2/c1-6-27(7-2)14-10-12-16-29-21-19-20(23-18-26(19)5)24-22(25-21)30-17-13-11-15-28(8-3)9-4/h18H,6-9,14-17H2,1-5H3. The van der Waals surface area contributed by atoms with Gasteiger partial charge in [-0.2, -0.15) is 0 Å². The Kier molecular flexibility index (Phi) is 11.1. The van der Waals surface area contributed by atoms with Crippen LogP contribution < -0.4 is 0 Å². The molecular formula is C22H32N6S2. The van der Waals surface area contributed by atoms with Gasteiger partial charge >= 0.3 is 0 Å². The van der Waals surface area contributed by atoms with Crippen molar-refractivity contribution in [3.05, 3.63) is 6.33 Å². The maximum absolute atomic E-state index is 4.76. The molecule has 0 N–H and O–H groups in total. The second-order valence-corrected chi connectivity index (χ2v) is 8.45. The van der Waals surface area contributed by atoms with Crippen molar-refractivity contribution in [1.29, 1.82) is 0 Å². The van der Waals surface area contributed by atoms with Crippen LogP contribution in [-0.2, 0) is 7.05 Å². The highest BCUT2D eigenvalue weighted by Gasteiger charge is 2.12. The van der Waals surface area contributed by atoms with Crippen molar-refractivity contribution in [2.45, 2.75) is 37.9 Å². The summed E-state index contributed by atoms with van der Waals surface area (Å²) in [7, 11) is 1.97. The normalized spacial score (nSPS) is 10.9. The Labute approximate surface area is 189 Å². The van der Waals surface area contributed by atoms with Gasteiger partial charge in [-0.25, -0.2) is 15.0 Å². The van der Waals surface area contributed by atoms with Crippen molar-refractivity contribution in [3.63, 3.8) is 0 Å². The molecule has 162 valence electrons. The quantitative estimate of drug-likeness (QED) is 0.241. The zero-order valence-electron chi connectivity index (χ0n) is 18.7. The number of fused-ring (bicyclic) bond motifs is 1. The monoisotopic (exact) mass is 444 g/mol. The molecule has 0 amide bonds. The molecule has 6 nitrogen and oxygen atoms in total. The Morgan fingerprint density at radius 2 is 1.40 bits per heavy atom. The summed E-state index contributed by atoms with van der Waals surface area (Å²) in [5.41, 5.74) is 1.69. The minimum atomic E-state index is 0.674. The molecule has 0 spiro atoms. The van der Waals surface area contributed by atoms with Crippen LogP contribution in [0.15, 0.2) is 16.5 Å². The van der Waals surface area contributed by atoms with Gasteiger partial charge in [0.2, 0.25) is 0 Å². The lowest BCUT2D eigenvalue weighted by molar-refractivity contribution is 0.342. The highest BCUT2D eigenvalue weighted by Crippen LogP contribution is 2.27. The molecule has 0 saturated carbocycles. The van der Waals surface area contributed by atoms with E-state index in [1.807, 2.05) is 11.6 Å². The maximum Gasteiger partial charge on any atom is 0.191 e. The van der Waals surface area contributed by atoms with E-state index in [1.165, 1.54) is 0 Å². The van der Waals surface area contributed by atoms with Crippen molar-refractivity contribution in [2.75, 3.05) is 50.8 Å². The third-order valence-electron chi connectivity index (χ3n) is 4.72. The van der Waals surface area contributed by atoms with Crippen LogP contribution in [0, 0.1) is 23.7 Å². The summed E-state index contributed by atoms with van der Waals surface area (Å²) in [4.78, 5) is 18.4. The van der Waals surface area contributed by atoms with Crippen LogP contribution >= 0.6 is 23.5 Å². The smallest absolute Gasteiger partial charge is 0.191 e. The molecule has 0 aliphatic carbocycles. The minimum Gasteiger partial charge on any atom is -0.330 e. The van der Waals surface area contributed by atoms with Gasteiger partial charge in [0.25, 0.3) is 0 Å². The maximum atomic E-state index is 4.76. The molecule has 0 fully saturated rings. The van der Waals surface area contributed by atoms with Crippen LogP contribution in [0.4, 0.5) is 0 Å². The molecule has 0 aliphatic rings. The predicted molar refractivity (Wildman–Crippen MR) is 129 cm³/mol. The second-order valence-electron chi connectivity index (χ2n) is 6.55. The van der Waals surface area contributed by atoms with Gasteiger partial charge in [-0.05, 0) is 26.2 Å². The van der Waals surface area contributed by atoms with Crippen LogP contribution in [0.1, 0.15) is 27.7 Å². The first-order chi connectivity index (χ1) is 14.6. The first-order valence-electron chi connectivity index (χ1n) is 10.4. The number of nitrogens with zero attached hydrogens (tertiary/aromatic N) is 6. The first kappa shape index (κ1) is 24.6. The van der Waals surface area contributed by atoms with Crippen LogP contribution in [0.3, 0.4) is 0 Å². The Morgan fingerprint density at radius 1 is 0.833 bits per heavy atom. The van der Waals surface area contributed by atoms with E-state index in [1.54, 1.807) is 29.9 Å². The lowest BCUT2D eigenvalue weighted by Gasteiger charge is -2.13. The largest absolute Gasteiger partial charge is 0.330 e. The Hall–Kier alpha value is -1.71. The van der Waals surface area contributed by atoms with E-state index >= 15 is 0 Å². The summed E-state index contributed by atoms with van der Waals surface area (Å²) in [6.45, 7) is 14.3. The average molecular weight is 445 g/mol. The molecule has 2 rings (SSSR count). The van der Waals surface area contributed by atoms with E-state index in [2.05, 4.69) is 71.1 Å². The Bertz CT molecular complexity index is 911. The zero-order valence-corrected chi connectivity index (χ0v) is 20.4. The average Bonchev–Trinajstić information content (AvgIpc) is 3.14. The lowest BCUT2D eigenvalue weighted by atomic mass is 10.5. The second kappa shape index (κ2) is 13.6. The van der Waals surface area contributed by atoms with E-state index in [0.717, 1.165) is 60.6 Å². The topological polar surface area (TPSA) is 50.1 Å². The summed E-state index contributed by atoms with van der Waals surface area (Å²) in [6, 6.07) is 0. The molecule has 0 radical (unpaired) electrons. The molecule has 2 aromatic rings. The summed E-state index contributed by atoms with van der Waals surface area (Å²) < 4.78 is 1.97. The Morgan fingerprint density at radius 3 is 1.97 bits per heavy atom. The number of hydrogen-bond acceptors (Lipinski definition) is 7. The Balaban J connectivity index is 2.02. The van der Waals surface area contributed by atoms with Crippen molar-refractivity contribution in [2.24, 2.45) is 7.05 Å². The molecule has 8 heteroatoms. The van der Waals surface area contributed by atoms with E-state index in [4.69, 9.17) is 4.98 Å². The summed E-state index contributed by atoms with van der Waals surface area (Å²) in [6.07, 6.45) is 1.79. The fraction of sp³-hybridized carbons (Fsp3) is 0.591. The van der Waals surface area contributed by atoms with Gasteiger partial charge in [0.15, 0.2) is 10.8 Å². The van der Waals surface area contributed by atoms with Gasteiger partial charge in [0.05, 0.1) is 30.9 Å². The molecule has 0 aromatic carbocycles. The van der Waals surface area contributed by atoms with E-state index in [9.17, 15) is 0 Å². The van der Waals surface area contributed by atoms with Crippen LogP contribution in [0.2, 0.25) is 0 Å². The third-order valence-corrected chi connectivity index (χ3v) is 6.29. The van der Waals surface area contributed by atoms with Crippen molar-refractivity contribution < 1.29 is 0 Å². The fourth-order valence-corrected chi connectivity index (χ4v) is 4.21. The molecule has 0 aliphatic heterocycles. The van der Waals surface area contributed by atoms with Crippen LogP contribution in [0.5, 0.6) is 0 Å². The molecule has 30 heavy (non-hydrogen) atoms. The van der Waals surface area contributed by atoms with Crippen molar-refractivity contribution in [3.8, 4) is 23.7 Å². The summed E-state index contributed by atoms with van der Waals surface area (Å²) in [5.74, 6) is 14.3. The molecule has 0 unspecified atom stereocenters. The molecule has 0 bridgehead atoms. The van der Waals surface area contributed by atoms with Gasteiger partial charge in [0.1, 0.15) is 10.5 Å². The number of thioether (sulfide) groups is 2. The van der Waals surface area contributed by atoms with E-state index in [0.29, 0.717) is 11.5 Å². The summed E-state index contributed by atoms with van der Waals surface area (Å²) in [5, 5.41) is 1.65. The number of aryl methyl sites for hydroxylation is 1. The van der Waals surface area contributed by atoms with Crippen molar-refractivity contribution in [1.82, 2.24) is 29.3 Å². The van der Waals surface area contributed by atoms with E-state index in [-0.39, 0.29) is 0 Å². The van der Waals surface area contributed by atoms with Gasteiger partial charge < -0.3 is 4.57 Å². The third kappa shape index (κ3) is 7.52. The number of rotatable bonds is 10. The van der Waals surface area contributed by atoms with Gasteiger partial charge in [-0.15, -0.1) is 0 Å². The molecule has 0 atom stereocenters. The van der Waals surface area contributed by atoms with Gasteiger partial charge in [-0.1, -0.05) is 74.9 Å². The molecule has 2 heterocycles. The highest BCUT2D eigenvalue weighted by atomic mass is 32.2.